The second-order valence-corrected chi connectivity index (χ2v) is 6.28. The predicted octanol–water partition coefficient (Wildman–Crippen LogP) is 5.02. The molecule has 0 atom stereocenters. The van der Waals surface area contributed by atoms with E-state index >= 15 is 0 Å². The van der Waals surface area contributed by atoms with E-state index in [4.69, 9.17) is 11.6 Å². The molecule has 22 heavy (non-hydrogen) atoms. The van der Waals surface area contributed by atoms with Crippen LogP contribution in [0.1, 0.15) is 15.2 Å². The Balaban J connectivity index is 1.81. The lowest BCUT2D eigenvalue weighted by molar-refractivity contribution is 0.103. The Hall–Kier alpha value is -2.17. The van der Waals surface area contributed by atoms with Gasteiger partial charge in [-0.1, -0.05) is 48.0 Å². The van der Waals surface area contributed by atoms with Gasteiger partial charge in [0.15, 0.2) is 0 Å². The second kappa shape index (κ2) is 6.30. The molecule has 0 saturated carbocycles. The number of halogens is 1. The summed E-state index contributed by atoms with van der Waals surface area (Å²) in [5, 5.41) is 4.30. The van der Waals surface area contributed by atoms with Crippen LogP contribution < -0.4 is 5.32 Å². The van der Waals surface area contributed by atoms with Gasteiger partial charge in [0.1, 0.15) is 9.88 Å². The summed E-state index contributed by atoms with van der Waals surface area (Å²) in [5.41, 5.74) is 2.68. The van der Waals surface area contributed by atoms with Gasteiger partial charge in [-0.3, -0.25) is 4.79 Å². The summed E-state index contributed by atoms with van der Waals surface area (Å²) in [4.78, 5) is 17.2. The molecule has 0 spiro atoms. The number of hydrogen-bond donors (Lipinski definition) is 1. The minimum absolute atomic E-state index is 0.176. The molecule has 110 valence electrons. The molecule has 0 aliphatic heterocycles. The van der Waals surface area contributed by atoms with E-state index in [0.29, 0.717) is 15.6 Å². The molecule has 0 saturated heterocycles. The number of benzene rings is 2. The lowest BCUT2D eigenvalue weighted by Crippen LogP contribution is -2.11. The summed E-state index contributed by atoms with van der Waals surface area (Å²) in [5.74, 6) is -0.176. The molecule has 3 rings (SSSR count). The Morgan fingerprint density at radius 2 is 1.95 bits per heavy atom. The molecule has 0 aliphatic carbocycles. The van der Waals surface area contributed by atoms with Crippen LogP contribution in [0.2, 0.25) is 5.02 Å². The smallest absolute Gasteiger partial charge is 0.267 e. The van der Waals surface area contributed by atoms with Gasteiger partial charge >= 0.3 is 0 Å². The van der Waals surface area contributed by atoms with Gasteiger partial charge in [0, 0.05) is 16.3 Å². The van der Waals surface area contributed by atoms with Gasteiger partial charge < -0.3 is 5.32 Å². The Labute approximate surface area is 137 Å². The highest BCUT2D eigenvalue weighted by Crippen LogP contribution is 2.26. The van der Waals surface area contributed by atoms with Crippen molar-refractivity contribution in [1.82, 2.24) is 4.98 Å². The maximum absolute atomic E-state index is 12.3. The number of aromatic nitrogens is 1. The molecule has 1 N–H and O–H groups in total. The third-order valence-corrected chi connectivity index (χ3v) is 4.48. The van der Waals surface area contributed by atoms with Gasteiger partial charge in [-0.15, -0.1) is 11.3 Å². The summed E-state index contributed by atoms with van der Waals surface area (Å²) in [7, 11) is 0. The van der Waals surface area contributed by atoms with Crippen LogP contribution in [-0.2, 0) is 0 Å². The zero-order valence-corrected chi connectivity index (χ0v) is 13.4. The van der Waals surface area contributed by atoms with Crippen molar-refractivity contribution in [2.24, 2.45) is 0 Å². The van der Waals surface area contributed by atoms with E-state index in [-0.39, 0.29) is 5.91 Å². The first kappa shape index (κ1) is 14.8. The van der Waals surface area contributed by atoms with Gasteiger partial charge in [-0.05, 0) is 24.6 Å². The number of nitrogens with zero attached hydrogens (tertiary/aromatic N) is 1. The lowest BCUT2D eigenvalue weighted by atomic mass is 10.2. The molecule has 3 nitrogen and oxygen atoms in total. The van der Waals surface area contributed by atoms with Crippen LogP contribution in [0.15, 0.2) is 54.7 Å². The van der Waals surface area contributed by atoms with Crippen LogP contribution in [0.3, 0.4) is 0 Å². The Morgan fingerprint density at radius 1 is 1.18 bits per heavy atom. The van der Waals surface area contributed by atoms with Crippen LogP contribution in [0.5, 0.6) is 0 Å². The number of carbonyl (C=O) groups excluding carboxylic acids is 1. The van der Waals surface area contributed by atoms with E-state index in [9.17, 15) is 4.79 Å². The van der Waals surface area contributed by atoms with Crippen molar-refractivity contribution in [2.45, 2.75) is 6.92 Å². The summed E-state index contributed by atoms with van der Waals surface area (Å²) in [6, 6.07) is 15.2. The first-order valence-electron chi connectivity index (χ1n) is 6.72. The number of aryl methyl sites for hydroxylation is 1. The molecule has 3 aromatic rings. The predicted molar refractivity (Wildman–Crippen MR) is 91.7 cm³/mol. The lowest BCUT2D eigenvalue weighted by Gasteiger charge is -2.07. The first-order valence-corrected chi connectivity index (χ1v) is 7.92. The molecule has 0 fully saturated rings. The van der Waals surface area contributed by atoms with Gasteiger partial charge in [-0.2, -0.15) is 0 Å². The molecule has 0 bridgehead atoms. The number of hydrogen-bond acceptors (Lipinski definition) is 3. The SMILES string of the molecule is Cc1ccc(Cl)cc1NC(=O)c1cnc(-c2ccccc2)s1. The first-order chi connectivity index (χ1) is 10.6. The largest absolute Gasteiger partial charge is 0.321 e. The molecular weight excluding hydrogens is 316 g/mol. The monoisotopic (exact) mass is 328 g/mol. The van der Waals surface area contributed by atoms with Crippen molar-refractivity contribution >= 4 is 34.5 Å². The maximum Gasteiger partial charge on any atom is 0.267 e. The van der Waals surface area contributed by atoms with E-state index in [1.807, 2.05) is 43.3 Å². The van der Waals surface area contributed by atoms with E-state index in [0.717, 1.165) is 16.1 Å². The maximum atomic E-state index is 12.3. The van der Waals surface area contributed by atoms with Crippen LogP contribution >= 0.6 is 22.9 Å². The van der Waals surface area contributed by atoms with Gasteiger partial charge in [0.25, 0.3) is 5.91 Å². The van der Waals surface area contributed by atoms with Crippen molar-refractivity contribution in [3.8, 4) is 10.6 Å². The van der Waals surface area contributed by atoms with Crippen LogP contribution in [0.4, 0.5) is 5.69 Å². The fraction of sp³-hybridized carbons (Fsp3) is 0.0588. The topological polar surface area (TPSA) is 42.0 Å². The van der Waals surface area contributed by atoms with E-state index in [1.54, 1.807) is 18.3 Å². The Bertz CT molecular complexity index is 815. The molecule has 0 unspecified atom stereocenters. The number of carbonyl (C=O) groups is 1. The van der Waals surface area contributed by atoms with Gasteiger partial charge in [0.2, 0.25) is 0 Å². The Morgan fingerprint density at radius 3 is 2.73 bits per heavy atom. The normalized spacial score (nSPS) is 10.5. The third-order valence-electron chi connectivity index (χ3n) is 3.20. The van der Waals surface area contributed by atoms with Gasteiger partial charge in [0.05, 0.1) is 6.20 Å². The second-order valence-electron chi connectivity index (χ2n) is 4.81. The summed E-state index contributed by atoms with van der Waals surface area (Å²) < 4.78 is 0. The molecule has 1 heterocycles. The standard InChI is InChI=1S/C17H13ClN2OS/c1-11-7-8-13(18)9-14(11)20-16(21)15-10-19-17(22-15)12-5-3-2-4-6-12/h2-10H,1H3,(H,20,21). The number of thiazole rings is 1. The minimum Gasteiger partial charge on any atom is -0.321 e. The highest BCUT2D eigenvalue weighted by atomic mass is 35.5. The van der Waals surface area contributed by atoms with Crippen LogP contribution in [-0.4, -0.2) is 10.9 Å². The van der Waals surface area contributed by atoms with Crippen LogP contribution in [0.25, 0.3) is 10.6 Å². The molecular formula is C17H13ClN2OS. The average Bonchev–Trinajstić information content (AvgIpc) is 3.02. The number of amides is 1. The molecule has 1 aromatic heterocycles. The van der Waals surface area contributed by atoms with Crippen molar-refractivity contribution < 1.29 is 4.79 Å². The summed E-state index contributed by atoms with van der Waals surface area (Å²) >= 11 is 7.34. The van der Waals surface area contributed by atoms with Crippen LogP contribution in [0, 0.1) is 6.92 Å². The van der Waals surface area contributed by atoms with Crippen molar-refractivity contribution in [3.05, 3.63) is 70.2 Å². The molecule has 2 aromatic carbocycles. The van der Waals surface area contributed by atoms with Crippen molar-refractivity contribution in [2.75, 3.05) is 5.32 Å². The zero-order valence-electron chi connectivity index (χ0n) is 11.8. The number of rotatable bonds is 3. The zero-order chi connectivity index (χ0) is 15.5. The van der Waals surface area contributed by atoms with E-state index in [1.165, 1.54) is 11.3 Å². The quantitative estimate of drug-likeness (QED) is 0.733. The summed E-state index contributed by atoms with van der Waals surface area (Å²) in [6.45, 7) is 1.92. The van der Waals surface area contributed by atoms with Gasteiger partial charge in [-0.25, -0.2) is 4.98 Å². The Kier molecular flexibility index (Phi) is 4.22. The third kappa shape index (κ3) is 3.18. The highest BCUT2D eigenvalue weighted by Gasteiger charge is 2.13. The van der Waals surface area contributed by atoms with Crippen molar-refractivity contribution in [3.63, 3.8) is 0 Å². The molecule has 0 aliphatic rings. The summed E-state index contributed by atoms with van der Waals surface area (Å²) in [6.07, 6.45) is 1.60. The highest BCUT2D eigenvalue weighted by molar-refractivity contribution is 7.17. The minimum atomic E-state index is -0.176. The van der Waals surface area contributed by atoms with E-state index in [2.05, 4.69) is 10.3 Å². The van der Waals surface area contributed by atoms with E-state index < -0.39 is 0 Å². The molecule has 0 radical (unpaired) electrons. The molecule has 1 amide bonds. The number of nitrogens with one attached hydrogen (secondary N) is 1. The number of anilines is 1. The average molecular weight is 329 g/mol. The molecule has 5 heteroatoms. The fourth-order valence-electron chi connectivity index (χ4n) is 2.01. The van der Waals surface area contributed by atoms with Crippen molar-refractivity contribution in [1.29, 1.82) is 0 Å². The fourth-order valence-corrected chi connectivity index (χ4v) is 2.99.